The Morgan fingerprint density at radius 3 is 2.52 bits per heavy atom. The zero-order valence-corrected chi connectivity index (χ0v) is 17.1. The molecule has 0 radical (unpaired) electrons. The molecule has 1 atom stereocenters. The number of thioether (sulfide) groups is 1. The van der Waals surface area contributed by atoms with Crippen LogP contribution in [0.25, 0.3) is 11.5 Å². The number of benzene rings is 2. The first-order valence-corrected chi connectivity index (χ1v) is 9.80. The van der Waals surface area contributed by atoms with Gasteiger partial charge in [0.1, 0.15) is 5.75 Å². The van der Waals surface area contributed by atoms with Gasteiger partial charge in [-0.1, -0.05) is 23.9 Å². The molecule has 0 aliphatic rings. The van der Waals surface area contributed by atoms with E-state index in [1.165, 1.54) is 12.1 Å². The molecule has 6 nitrogen and oxygen atoms in total. The van der Waals surface area contributed by atoms with Crippen LogP contribution in [0.3, 0.4) is 0 Å². The highest BCUT2D eigenvalue weighted by atomic mass is 79.9. The van der Waals surface area contributed by atoms with E-state index >= 15 is 0 Å². The van der Waals surface area contributed by atoms with Crippen molar-refractivity contribution in [2.75, 3.05) is 5.32 Å². The zero-order chi connectivity index (χ0) is 21.0. The quantitative estimate of drug-likeness (QED) is 0.461. The Kier molecular flexibility index (Phi) is 6.48. The lowest BCUT2D eigenvalue weighted by Gasteiger charge is -2.11. The van der Waals surface area contributed by atoms with Gasteiger partial charge in [-0.05, 0) is 59.3 Å². The van der Waals surface area contributed by atoms with Gasteiger partial charge in [-0.25, -0.2) is 0 Å². The van der Waals surface area contributed by atoms with Crippen LogP contribution >= 0.6 is 27.7 Å². The number of nitrogens with one attached hydrogen (secondary N) is 1. The number of ether oxygens (including phenoxy) is 1. The van der Waals surface area contributed by atoms with Gasteiger partial charge in [-0.2, -0.15) is 0 Å². The van der Waals surface area contributed by atoms with E-state index in [4.69, 9.17) is 4.42 Å². The van der Waals surface area contributed by atoms with Crippen LogP contribution in [0.15, 0.2) is 62.6 Å². The van der Waals surface area contributed by atoms with Crippen LogP contribution in [0.1, 0.15) is 6.92 Å². The van der Waals surface area contributed by atoms with Crippen LogP contribution in [-0.2, 0) is 4.79 Å². The van der Waals surface area contributed by atoms with Crippen molar-refractivity contribution in [2.24, 2.45) is 0 Å². The highest BCUT2D eigenvalue weighted by molar-refractivity contribution is 9.10. The number of carbonyl (C=O) groups excluding carboxylic acids is 1. The SMILES string of the molecule is CC(Sc1nnc(-c2ccccc2Br)o1)C(=O)Nc1ccc(OC(F)(F)F)cc1. The van der Waals surface area contributed by atoms with E-state index in [2.05, 4.69) is 36.2 Å². The van der Waals surface area contributed by atoms with Crippen LogP contribution in [0, 0.1) is 0 Å². The standard InChI is InChI=1S/C18H13BrF3N3O3S/c1-10(15(26)23-11-6-8-12(9-7-11)28-18(20,21)22)29-17-25-24-16(27-17)13-4-2-3-5-14(13)19/h2-10H,1H3,(H,23,26). The van der Waals surface area contributed by atoms with E-state index in [1.807, 2.05) is 24.3 Å². The minimum absolute atomic E-state index is 0.215. The Morgan fingerprint density at radius 2 is 1.86 bits per heavy atom. The maximum Gasteiger partial charge on any atom is 0.573 e. The van der Waals surface area contributed by atoms with E-state index in [0.29, 0.717) is 11.6 Å². The number of rotatable bonds is 6. The van der Waals surface area contributed by atoms with Crippen molar-refractivity contribution in [3.8, 4) is 17.2 Å². The average Bonchev–Trinajstić information content (AvgIpc) is 3.10. The summed E-state index contributed by atoms with van der Waals surface area (Å²) in [4.78, 5) is 12.3. The van der Waals surface area contributed by atoms with Gasteiger partial charge in [0, 0.05) is 10.2 Å². The lowest BCUT2D eigenvalue weighted by Crippen LogP contribution is -2.22. The second-order valence-electron chi connectivity index (χ2n) is 5.67. The molecule has 0 spiro atoms. The second-order valence-corrected chi connectivity index (χ2v) is 7.82. The number of hydrogen-bond acceptors (Lipinski definition) is 6. The first-order chi connectivity index (χ1) is 13.7. The molecular formula is C18H13BrF3N3O3S. The normalized spacial score (nSPS) is 12.4. The summed E-state index contributed by atoms with van der Waals surface area (Å²) < 4.78 is 46.7. The molecule has 1 amide bonds. The van der Waals surface area contributed by atoms with Crippen LogP contribution in [0.4, 0.5) is 18.9 Å². The van der Waals surface area contributed by atoms with Crippen LogP contribution < -0.4 is 10.1 Å². The molecule has 0 fully saturated rings. The largest absolute Gasteiger partial charge is 0.573 e. The number of amides is 1. The Balaban J connectivity index is 1.59. The third-order valence-electron chi connectivity index (χ3n) is 3.51. The van der Waals surface area contributed by atoms with Crippen molar-refractivity contribution in [2.45, 2.75) is 23.8 Å². The highest BCUT2D eigenvalue weighted by Gasteiger charge is 2.31. The third kappa shape index (κ3) is 5.97. The van der Waals surface area contributed by atoms with E-state index in [0.717, 1.165) is 33.9 Å². The zero-order valence-electron chi connectivity index (χ0n) is 14.7. The summed E-state index contributed by atoms with van der Waals surface area (Å²) in [5.41, 5.74) is 1.06. The van der Waals surface area contributed by atoms with Crippen LogP contribution in [0.5, 0.6) is 5.75 Å². The summed E-state index contributed by atoms with van der Waals surface area (Å²) in [6.07, 6.45) is -4.77. The first-order valence-electron chi connectivity index (χ1n) is 8.13. The Hall–Kier alpha value is -2.53. The lowest BCUT2D eigenvalue weighted by atomic mass is 10.2. The van der Waals surface area contributed by atoms with Crippen LogP contribution in [0.2, 0.25) is 0 Å². The number of nitrogens with zero attached hydrogens (tertiary/aromatic N) is 2. The van der Waals surface area contributed by atoms with Crippen molar-refractivity contribution < 1.29 is 27.1 Å². The first kappa shape index (κ1) is 21.2. The third-order valence-corrected chi connectivity index (χ3v) is 5.14. The second kappa shape index (κ2) is 8.87. The Morgan fingerprint density at radius 1 is 1.17 bits per heavy atom. The maximum absolute atomic E-state index is 12.3. The molecule has 1 unspecified atom stereocenters. The monoisotopic (exact) mass is 487 g/mol. The van der Waals surface area contributed by atoms with Gasteiger partial charge in [-0.3, -0.25) is 4.79 Å². The predicted molar refractivity (Wildman–Crippen MR) is 105 cm³/mol. The van der Waals surface area contributed by atoms with Crippen molar-refractivity contribution in [3.63, 3.8) is 0 Å². The van der Waals surface area contributed by atoms with Crippen molar-refractivity contribution in [3.05, 3.63) is 53.0 Å². The van der Waals surface area contributed by atoms with Crippen LogP contribution in [-0.4, -0.2) is 27.7 Å². The topological polar surface area (TPSA) is 77.2 Å². The number of halogens is 4. The minimum Gasteiger partial charge on any atom is -0.411 e. The molecule has 152 valence electrons. The summed E-state index contributed by atoms with van der Waals surface area (Å²) in [6.45, 7) is 1.64. The van der Waals surface area contributed by atoms with E-state index in [9.17, 15) is 18.0 Å². The van der Waals surface area contributed by atoms with Gasteiger partial charge in [0.2, 0.25) is 11.8 Å². The summed E-state index contributed by atoms with van der Waals surface area (Å²) in [7, 11) is 0. The summed E-state index contributed by atoms with van der Waals surface area (Å²) >= 11 is 4.47. The molecule has 1 heterocycles. The molecule has 1 aromatic heterocycles. The fraction of sp³-hybridized carbons (Fsp3) is 0.167. The average molecular weight is 488 g/mol. The molecule has 2 aromatic carbocycles. The lowest BCUT2D eigenvalue weighted by molar-refractivity contribution is -0.274. The van der Waals surface area contributed by atoms with Crippen molar-refractivity contribution in [1.29, 1.82) is 0 Å². The molecule has 0 saturated heterocycles. The van der Waals surface area contributed by atoms with Gasteiger partial charge in [0.15, 0.2) is 0 Å². The molecule has 3 rings (SSSR count). The van der Waals surface area contributed by atoms with E-state index in [-0.39, 0.29) is 16.9 Å². The van der Waals surface area contributed by atoms with E-state index < -0.39 is 11.6 Å². The maximum atomic E-state index is 12.3. The molecule has 0 aliphatic heterocycles. The highest BCUT2D eigenvalue weighted by Crippen LogP contribution is 2.31. The summed E-state index contributed by atoms with van der Waals surface area (Å²) in [6, 6.07) is 12.2. The molecule has 29 heavy (non-hydrogen) atoms. The number of carbonyl (C=O) groups is 1. The van der Waals surface area contributed by atoms with Gasteiger partial charge in [0.25, 0.3) is 5.22 Å². The van der Waals surface area contributed by atoms with Crippen molar-refractivity contribution >= 4 is 39.3 Å². The number of alkyl halides is 3. The Bertz CT molecular complexity index is 996. The molecule has 0 saturated carbocycles. The smallest absolute Gasteiger partial charge is 0.411 e. The summed E-state index contributed by atoms with van der Waals surface area (Å²) in [5.74, 6) is -0.434. The molecule has 3 aromatic rings. The molecule has 0 bridgehead atoms. The molecule has 0 aliphatic carbocycles. The van der Waals surface area contributed by atoms with Gasteiger partial charge in [-0.15, -0.1) is 23.4 Å². The molecule has 11 heteroatoms. The summed E-state index contributed by atoms with van der Waals surface area (Å²) in [5, 5.41) is 10.1. The van der Waals surface area contributed by atoms with Gasteiger partial charge in [0.05, 0.1) is 10.8 Å². The number of anilines is 1. The Labute approximate surface area is 176 Å². The fourth-order valence-corrected chi connectivity index (χ4v) is 3.33. The van der Waals surface area contributed by atoms with Crippen molar-refractivity contribution in [1.82, 2.24) is 10.2 Å². The van der Waals surface area contributed by atoms with Gasteiger partial charge < -0.3 is 14.5 Å². The fourth-order valence-electron chi connectivity index (χ4n) is 2.19. The molecule has 1 N–H and O–H groups in total. The van der Waals surface area contributed by atoms with E-state index in [1.54, 1.807) is 6.92 Å². The molecular weight excluding hydrogens is 475 g/mol. The number of aromatic nitrogens is 2. The number of hydrogen-bond donors (Lipinski definition) is 1. The predicted octanol–water partition coefficient (Wildman–Crippen LogP) is 5.52. The minimum atomic E-state index is -4.77. The van der Waals surface area contributed by atoms with Gasteiger partial charge >= 0.3 is 6.36 Å².